The Bertz CT molecular complexity index is 717. The first-order chi connectivity index (χ1) is 10.6. The fourth-order valence-corrected chi connectivity index (χ4v) is 2.96. The topological polar surface area (TPSA) is 49.6 Å². The minimum absolute atomic E-state index is 0.0330. The molecule has 114 valence electrons. The zero-order chi connectivity index (χ0) is 15.7. The molecule has 4 nitrogen and oxygen atoms in total. The van der Waals surface area contributed by atoms with Crippen molar-refractivity contribution in [1.82, 2.24) is 0 Å². The Kier molecular flexibility index (Phi) is 4.05. The number of halogens is 1. The van der Waals surface area contributed by atoms with Gasteiger partial charge in [0.15, 0.2) is 0 Å². The summed E-state index contributed by atoms with van der Waals surface area (Å²) in [4.78, 5) is 16.6. The fraction of sp³-hybridized carbons (Fsp3) is 0.235. The van der Waals surface area contributed by atoms with Gasteiger partial charge in [-0.05, 0) is 43.3 Å². The van der Waals surface area contributed by atoms with E-state index >= 15 is 0 Å². The van der Waals surface area contributed by atoms with E-state index in [4.69, 9.17) is 17.3 Å². The molecule has 1 aliphatic rings. The maximum Gasteiger partial charge on any atom is 0.260 e. The van der Waals surface area contributed by atoms with Gasteiger partial charge in [-0.1, -0.05) is 23.7 Å². The quantitative estimate of drug-likeness (QED) is 0.944. The van der Waals surface area contributed by atoms with Crippen LogP contribution in [0.3, 0.4) is 0 Å². The van der Waals surface area contributed by atoms with Crippen molar-refractivity contribution < 1.29 is 4.79 Å². The Morgan fingerprint density at radius 2 is 1.82 bits per heavy atom. The van der Waals surface area contributed by atoms with Crippen molar-refractivity contribution in [3.8, 4) is 0 Å². The molecule has 0 aromatic heterocycles. The average molecular weight is 316 g/mol. The number of anilines is 3. The molecule has 3 rings (SSSR count). The van der Waals surface area contributed by atoms with Crippen LogP contribution in [0.5, 0.6) is 0 Å². The highest BCUT2D eigenvalue weighted by molar-refractivity contribution is 6.31. The van der Waals surface area contributed by atoms with E-state index < -0.39 is 0 Å². The van der Waals surface area contributed by atoms with Crippen molar-refractivity contribution in [2.45, 2.75) is 6.42 Å². The molecule has 0 unspecified atom stereocenters. The van der Waals surface area contributed by atoms with Crippen LogP contribution in [-0.2, 0) is 0 Å². The van der Waals surface area contributed by atoms with Gasteiger partial charge in [0.1, 0.15) is 0 Å². The molecule has 0 saturated heterocycles. The number of nitrogens with zero attached hydrogens (tertiary/aromatic N) is 2. The van der Waals surface area contributed by atoms with Crippen molar-refractivity contribution in [1.29, 1.82) is 0 Å². The van der Waals surface area contributed by atoms with E-state index in [2.05, 4.69) is 4.90 Å². The van der Waals surface area contributed by atoms with Crippen LogP contribution in [0.2, 0.25) is 5.02 Å². The van der Waals surface area contributed by atoms with Crippen molar-refractivity contribution in [2.75, 3.05) is 29.9 Å². The third-order valence-electron chi connectivity index (χ3n) is 3.91. The highest BCUT2D eigenvalue weighted by atomic mass is 35.5. The number of nitrogens with two attached hydrogens (primary N) is 1. The van der Waals surface area contributed by atoms with E-state index in [9.17, 15) is 4.79 Å². The summed E-state index contributed by atoms with van der Waals surface area (Å²) in [6.45, 7) is 1.33. The van der Waals surface area contributed by atoms with Gasteiger partial charge in [0.2, 0.25) is 0 Å². The molecule has 2 aromatic carbocycles. The highest BCUT2D eigenvalue weighted by Crippen LogP contribution is 2.40. The molecule has 0 bridgehead atoms. The lowest BCUT2D eigenvalue weighted by Gasteiger charge is -2.26. The second-order valence-electron chi connectivity index (χ2n) is 5.31. The first kappa shape index (κ1) is 14.9. The van der Waals surface area contributed by atoms with Crippen molar-refractivity contribution in [3.63, 3.8) is 0 Å². The minimum atomic E-state index is -0.0330. The molecule has 2 aromatic rings. The number of hydrogen-bond acceptors (Lipinski definition) is 3. The molecule has 0 atom stereocenters. The molecule has 0 fully saturated rings. The molecule has 22 heavy (non-hydrogen) atoms. The Morgan fingerprint density at radius 3 is 2.55 bits per heavy atom. The van der Waals surface area contributed by atoms with E-state index in [1.165, 1.54) is 0 Å². The summed E-state index contributed by atoms with van der Waals surface area (Å²) >= 11 is 6.16. The molecule has 0 spiro atoms. The molecule has 0 radical (unpaired) electrons. The molecule has 0 saturated carbocycles. The Morgan fingerprint density at radius 1 is 1.09 bits per heavy atom. The number of amides is 1. The predicted molar refractivity (Wildman–Crippen MR) is 91.3 cm³/mol. The second-order valence-corrected chi connectivity index (χ2v) is 5.74. The van der Waals surface area contributed by atoms with Crippen LogP contribution in [0.1, 0.15) is 16.8 Å². The van der Waals surface area contributed by atoms with Crippen LogP contribution < -0.4 is 15.5 Å². The normalized spacial score (nSPS) is 13.7. The summed E-state index contributed by atoms with van der Waals surface area (Å²) in [7, 11) is 1.80. The Hall–Kier alpha value is -2.04. The summed E-state index contributed by atoms with van der Waals surface area (Å²) in [6, 6.07) is 13.3. The van der Waals surface area contributed by atoms with Gasteiger partial charge in [0, 0.05) is 18.6 Å². The van der Waals surface area contributed by atoms with Crippen LogP contribution in [-0.4, -0.2) is 26.0 Å². The molecule has 2 N–H and O–H groups in total. The van der Waals surface area contributed by atoms with E-state index in [0.29, 0.717) is 17.1 Å². The van der Waals surface area contributed by atoms with E-state index in [0.717, 1.165) is 30.0 Å². The van der Waals surface area contributed by atoms with Gasteiger partial charge >= 0.3 is 0 Å². The molecule has 0 aliphatic carbocycles. The van der Waals surface area contributed by atoms with Crippen molar-refractivity contribution in [2.24, 2.45) is 5.73 Å². The molecular formula is C17H18ClN3O. The second kappa shape index (κ2) is 5.99. The largest absolute Gasteiger partial charge is 0.339 e. The summed E-state index contributed by atoms with van der Waals surface area (Å²) in [6.07, 6.45) is 0.832. The molecule has 1 aliphatic heterocycles. The number of fused-ring (bicyclic) bond motifs is 2. The van der Waals surface area contributed by atoms with Crippen LogP contribution in [0.4, 0.5) is 17.1 Å². The fourth-order valence-electron chi connectivity index (χ4n) is 2.80. The number of rotatable bonds is 3. The standard InChI is InChI=1S/C17H18ClN3O/c1-20-14-5-2-3-6-15(14)21(10-4-9-19)16-11-12(18)7-8-13(16)17(20)22/h2-3,5-8,11H,4,9-10,19H2,1H3. The summed E-state index contributed by atoms with van der Waals surface area (Å²) in [5.41, 5.74) is 9.05. The van der Waals surface area contributed by atoms with Crippen molar-refractivity contribution >= 4 is 34.6 Å². The predicted octanol–water partition coefficient (Wildman–Crippen LogP) is 3.42. The summed E-state index contributed by atoms with van der Waals surface area (Å²) in [5.74, 6) is -0.0330. The maximum atomic E-state index is 12.8. The van der Waals surface area contributed by atoms with Gasteiger partial charge in [-0.3, -0.25) is 4.79 Å². The maximum absolute atomic E-state index is 12.8. The van der Waals surface area contributed by atoms with Crippen molar-refractivity contribution in [3.05, 3.63) is 53.1 Å². The lowest BCUT2D eigenvalue weighted by atomic mass is 10.1. The Labute approximate surface area is 135 Å². The van der Waals surface area contributed by atoms with Crippen LogP contribution in [0, 0.1) is 0 Å². The van der Waals surface area contributed by atoms with Gasteiger partial charge < -0.3 is 15.5 Å². The number of para-hydroxylation sites is 2. The summed E-state index contributed by atoms with van der Waals surface area (Å²) in [5, 5.41) is 0.617. The zero-order valence-corrected chi connectivity index (χ0v) is 13.2. The van der Waals surface area contributed by atoms with Crippen LogP contribution >= 0.6 is 11.6 Å². The third kappa shape index (κ3) is 2.45. The number of hydrogen-bond donors (Lipinski definition) is 1. The van der Waals surface area contributed by atoms with E-state index in [1.807, 2.05) is 30.3 Å². The highest BCUT2D eigenvalue weighted by Gasteiger charge is 2.28. The summed E-state index contributed by atoms with van der Waals surface area (Å²) < 4.78 is 0. The Balaban J connectivity index is 2.23. The van der Waals surface area contributed by atoms with Gasteiger partial charge in [0.25, 0.3) is 5.91 Å². The first-order valence-electron chi connectivity index (χ1n) is 7.27. The lowest BCUT2D eigenvalue weighted by Crippen LogP contribution is -2.25. The number of carbonyl (C=O) groups excluding carboxylic acids is 1. The third-order valence-corrected chi connectivity index (χ3v) is 4.14. The van der Waals surface area contributed by atoms with Gasteiger partial charge in [-0.25, -0.2) is 0 Å². The first-order valence-corrected chi connectivity index (χ1v) is 7.65. The molecule has 5 heteroatoms. The smallest absolute Gasteiger partial charge is 0.260 e. The number of carbonyl (C=O) groups is 1. The van der Waals surface area contributed by atoms with Gasteiger partial charge in [0.05, 0.1) is 22.6 Å². The monoisotopic (exact) mass is 315 g/mol. The molecule has 1 heterocycles. The average Bonchev–Trinajstić information content (AvgIpc) is 2.62. The minimum Gasteiger partial charge on any atom is -0.339 e. The SMILES string of the molecule is CN1C(=O)c2ccc(Cl)cc2N(CCCN)c2ccccc21. The number of benzene rings is 2. The van der Waals surface area contributed by atoms with Gasteiger partial charge in [-0.15, -0.1) is 0 Å². The van der Waals surface area contributed by atoms with Crippen LogP contribution in [0.25, 0.3) is 0 Å². The van der Waals surface area contributed by atoms with E-state index in [1.54, 1.807) is 24.1 Å². The zero-order valence-electron chi connectivity index (χ0n) is 12.4. The molecule has 1 amide bonds. The lowest BCUT2D eigenvalue weighted by molar-refractivity contribution is 0.0994. The van der Waals surface area contributed by atoms with E-state index in [-0.39, 0.29) is 5.91 Å². The van der Waals surface area contributed by atoms with Crippen LogP contribution in [0.15, 0.2) is 42.5 Å². The molecular weight excluding hydrogens is 298 g/mol. The van der Waals surface area contributed by atoms with Gasteiger partial charge in [-0.2, -0.15) is 0 Å².